The Morgan fingerprint density at radius 3 is 2.75 bits per heavy atom. The Kier molecular flexibility index (Phi) is 3.79. The minimum atomic E-state index is 0.402. The first kappa shape index (κ1) is 13.6. The zero-order valence-electron chi connectivity index (χ0n) is 12.6. The fourth-order valence-electron chi connectivity index (χ4n) is 3.40. The van der Waals surface area contributed by atoms with Gasteiger partial charge in [-0.05, 0) is 43.0 Å². The lowest BCUT2D eigenvalue weighted by molar-refractivity contribution is 0.423. The Morgan fingerprint density at radius 1 is 1.30 bits per heavy atom. The van der Waals surface area contributed by atoms with Gasteiger partial charge < -0.3 is 10.3 Å². The zero-order valence-corrected chi connectivity index (χ0v) is 12.6. The van der Waals surface area contributed by atoms with Gasteiger partial charge in [-0.2, -0.15) is 0 Å². The Hall–Kier alpha value is -1.35. The Bertz CT molecular complexity index is 594. The van der Waals surface area contributed by atoms with Gasteiger partial charge in [0.2, 0.25) is 0 Å². The molecule has 1 aliphatic carbocycles. The highest BCUT2D eigenvalue weighted by atomic mass is 15.1. The van der Waals surface area contributed by atoms with Gasteiger partial charge in [0.1, 0.15) is 5.82 Å². The van der Waals surface area contributed by atoms with Crippen molar-refractivity contribution in [3.05, 3.63) is 29.6 Å². The number of imidazole rings is 1. The highest BCUT2D eigenvalue weighted by Gasteiger charge is 2.21. The Labute approximate surface area is 121 Å². The molecule has 0 saturated heterocycles. The SMILES string of the molecule is CC(CN)c1ccc2c(c1)nc(C1CCCCC1)n2C. The molecule has 0 radical (unpaired) electrons. The van der Waals surface area contributed by atoms with Crippen LogP contribution in [0.25, 0.3) is 11.0 Å². The fourth-order valence-corrected chi connectivity index (χ4v) is 3.40. The molecule has 3 rings (SSSR count). The summed E-state index contributed by atoms with van der Waals surface area (Å²) in [5.41, 5.74) is 9.45. The molecule has 108 valence electrons. The second-order valence-electron chi connectivity index (χ2n) is 6.25. The van der Waals surface area contributed by atoms with E-state index in [1.54, 1.807) is 0 Å². The molecule has 1 saturated carbocycles. The van der Waals surface area contributed by atoms with Crippen molar-refractivity contribution in [3.8, 4) is 0 Å². The van der Waals surface area contributed by atoms with Crippen molar-refractivity contribution in [1.29, 1.82) is 0 Å². The summed E-state index contributed by atoms with van der Waals surface area (Å²) in [6.45, 7) is 2.86. The number of aryl methyl sites for hydroxylation is 1. The minimum Gasteiger partial charge on any atom is -0.331 e. The van der Waals surface area contributed by atoms with Crippen LogP contribution in [0.4, 0.5) is 0 Å². The first-order chi connectivity index (χ1) is 9.70. The maximum atomic E-state index is 5.77. The number of aromatic nitrogens is 2. The Morgan fingerprint density at radius 2 is 2.05 bits per heavy atom. The van der Waals surface area contributed by atoms with Crippen LogP contribution in [0.5, 0.6) is 0 Å². The van der Waals surface area contributed by atoms with Crippen LogP contribution in [0.1, 0.15) is 62.3 Å². The van der Waals surface area contributed by atoms with Gasteiger partial charge in [-0.3, -0.25) is 0 Å². The minimum absolute atomic E-state index is 0.402. The van der Waals surface area contributed by atoms with E-state index in [1.165, 1.54) is 49.0 Å². The summed E-state index contributed by atoms with van der Waals surface area (Å²) in [5.74, 6) is 2.33. The number of hydrogen-bond acceptors (Lipinski definition) is 2. The maximum absolute atomic E-state index is 5.77. The second kappa shape index (κ2) is 5.57. The van der Waals surface area contributed by atoms with Gasteiger partial charge in [0.05, 0.1) is 11.0 Å². The molecule has 0 amide bonds. The van der Waals surface area contributed by atoms with Crippen LogP contribution in [-0.4, -0.2) is 16.1 Å². The molecular formula is C17H25N3. The predicted octanol–water partition coefficient (Wildman–Crippen LogP) is 3.68. The molecule has 1 aromatic carbocycles. The number of hydrogen-bond donors (Lipinski definition) is 1. The van der Waals surface area contributed by atoms with E-state index >= 15 is 0 Å². The van der Waals surface area contributed by atoms with E-state index in [1.807, 2.05) is 0 Å². The topological polar surface area (TPSA) is 43.8 Å². The van der Waals surface area contributed by atoms with Crippen molar-refractivity contribution in [2.75, 3.05) is 6.54 Å². The maximum Gasteiger partial charge on any atom is 0.112 e. The number of fused-ring (bicyclic) bond motifs is 1. The Balaban J connectivity index is 2.00. The van der Waals surface area contributed by atoms with Crippen LogP contribution in [0.15, 0.2) is 18.2 Å². The van der Waals surface area contributed by atoms with Gasteiger partial charge in [-0.25, -0.2) is 4.98 Å². The van der Waals surface area contributed by atoms with Crippen molar-refractivity contribution in [1.82, 2.24) is 9.55 Å². The highest BCUT2D eigenvalue weighted by Crippen LogP contribution is 2.33. The van der Waals surface area contributed by atoms with Crippen molar-refractivity contribution in [2.24, 2.45) is 12.8 Å². The van der Waals surface area contributed by atoms with E-state index < -0.39 is 0 Å². The molecule has 0 bridgehead atoms. The summed E-state index contributed by atoms with van der Waals surface area (Å²) in [4.78, 5) is 4.94. The lowest BCUT2D eigenvalue weighted by Gasteiger charge is -2.20. The molecule has 3 nitrogen and oxygen atoms in total. The second-order valence-corrected chi connectivity index (χ2v) is 6.25. The average Bonchev–Trinajstić information content (AvgIpc) is 2.84. The highest BCUT2D eigenvalue weighted by molar-refractivity contribution is 5.77. The van der Waals surface area contributed by atoms with Crippen LogP contribution in [0.3, 0.4) is 0 Å². The van der Waals surface area contributed by atoms with Gasteiger partial charge in [-0.15, -0.1) is 0 Å². The van der Waals surface area contributed by atoms with Crippen molar-refractivity contribution >= 4 is 11.0 Å². The third-order valence-corrected chi connectivity index (χ3v) is 4.83. The monoisotopic (exact) mass is 271 g/mol. The molecule has 0 aliphatic heterocycles. The van der Waals surface area contributed by atoms with E-state index in [2.05, 4.69) is 36.7 Å². The molecular weight excluding hydrogens is 246 g/mol. The third kappa shape index (κ3) is 2.35. The standard InChI is InChI=1S/C17H25N3/c1-12(11-18)14-8-9-16-15(10-14)19-17(20(16)2)13-6-4-3-5-7-13/h8-10,12-13H,3-7,11,18H2,1-2H3. The molecule has 1 fully saturated rings. The van der Waals surface area contributed by atoms with Gasteiger partial charge in [0.25, 0.3) is 0 Å². The quantitative estimate of drug-likeness (QED) is 0.925. The molecule has 2 aromatic rings. The van der Waals surface area contributed by atoms with Crippen LogP contribution in [0.2, 0.25) is 0 Å². The molecule has 20 heavy (non-hydrogen) atoms. The lowest BCUT2D eigenvalue weighted by atomic mass is 9.89. The normalized spacial score (nSPS) is 18.6. The number of nitrogens with zero attached hydrogens (tertiary/aromatic N) is 2. The first-order valence-electron chi connectivity index (χ1n) is 7.87. The predicted molar refractivity (Wildman–Crippen MR) is 84.0 cm³/mol. The van der Waals surface area contributed by atoms with Gasteiger partial charge >= 0.3 is 0 Å². The van der Waals surface area contributed by atoms with Crippen molar-refractivity contribution < 1.29 is 0 Å². The molecule has 1 heterocycles. The van der Waals surface area contributed by atoms with Gasteiger partial charge in [-0.1, -0.05) is 32.3 Å². The van der Waals surface area contributed by atoms with Crippen LogP contribution in [0, 0.1) is 0 Å². The van der Waals surface area contributed by atoms with E-state index in [-0.39, 0.29) is 0 Å². The lowest BCUT2D eigenvalue weighted by Crippen LogP contribution is -2.10. The first-order valence-corrected chi connectivity index (χ1v) is 7.87. The molecule has 0 spiro atoms. The fraction of sp³-hybridized carbons (Fsp3) is 0.588. The van der Waals surface area contributed by atoms with Crippen molar-refractivity contribution in [3.63, 3.8) is 0 Å². The summed E-state index contributed by atoms with van der Waals surface area (Å²) < 4.78 is 2.29. The molecule has 1 unspecified atom stereocenters. The molecule has 1 atom stereocenters. The average molecular weight is 271 g/mol. The largest absolute Gasteiger partial charge is 0.331 e. The van der Waals surface area contributed by atoms with E-state index in [0.29, 0.717) is 18.4 Å². The van der Waals surface area contributed by atoms with Gasteiger partial charge in [0, 0.05) is 13.0 Å². The summed E-state index contributed by atoms with van der Waals surface area (Å²) in [6, 6.07) is 6.63. The van der Waals surface area contributed by atoms with Crippen LogP contribution in [-0.2, 0) is 7.05 Å². The molecule has 1 aromatic heterocycles. The number of nitrogens with two attached hydrogens (primary N) is 1. The van der Waals surface area contributed by atoms with E-state index in [0.717, 1.165) is 5.52 Å². The number of rotatable bonds is 3. The molecule has 1 aliphatic rings. The van der Waals surface area contributed by atoms with Crippen LogP contribution < -0.4 is 5.73 Å². The summed E-state index contributed by atoms with van der Waals surface area (Å²) in [5, 5.41) is 0. The third-order valence-electron chi connectivity index (χ3n) is 4.83. The summed E-state index contributed by atoms with van der Waals surface area (Å²) in [6.07, 6.45) is 6.68. The number of benzene rings is 1. The smallest absolute Gasteiger partial charge is 0.112 e. The molecule has 2 N–H and O–H groups in total. The van der Waals surface area contributed by atoms with E-state index in [4.69, 9.17) is 10.7 Å². The summed E-state index contributed by atoms with van der Waals surface area (Å²) in [7, 11) is 2.16. The zero-order chi connectivity index (χ0) is 14.1. The summed E-state index contributed by atoms with van der Waals surface area (Å²) >= 11 is 0. The van der Waals surface area contributed by atoms with E-state index in [9.17, 15) is 0 Å². The molecule has 3 heteroatoms. The van der Waals surface area contributed by atoms with Crippen LogP contribution >= 0.6 is 0 Å². The van der Waals surface area contributed by atoms with Crippen molar-refractivity contribution in [2.45, 2.75) is 50.9 Å². The van der Waals surface area contributed by atoms with Gasteiger partial charge in [0.15, 0.2) is 0 Å².